The van der Waals surface area contributed by atoms with Crippen molar-refractivity contribution in [1.82, 2.24) is 0 Å². The molecule has 0 aliphatic carbocycles. The third kappa shape index (κ3) is 3.42. The molecular weight excluding hydrogens is 314 g/mol. The number of aryl methyl sites for hydroxylation is 2. The van der Waals surface area contributed by atoms with Crippen LogP contribution in [0.2, 0.25) is 5.02 Å². The Morgan fingerprint density at radius 2 is 2.00 bits per heavy atom. The van der Waals surface area contributed by atoms with Crippen LogP contribution in [0.25, 0.3) is 0 Å². The second kappa shape index (κ2) is 6.92. The molecule has 1 N–H and O–H groups in total. The maximum absolute atomic E-state index is 12.7. The zero-order chi connectivity index (χ0) is 17.1. The van der Waals surface area contributed by atoms with E-state index in [1.54, 1.807) is 14.2 Å². The summed E-state index contributed by atoms with van der Waals surface area (Å²) in [5.41, 5.74) is 2.88. The quantitative estimate of drug-likeness (QED) is 0.912. The van der Waals surface area contributed by atoms with Gasteiger partial charge in [-0.25, -0.2) is 0 Å². The molecule has 2 aromatic carbocycles. The van der Waals surface area contributed by atoms with Crippen LogP contribution in [0, 0.1) is 6.92 Å². The predicted octanol–water partition coefficient (Wildman–Crippen LogP) is 4.20. The van der Waals surface area contributed by atoms with Crippen molar-refractivity contribution >= 4 is 23.2 Å². The van der Waals surface area contributed by atoms with Crippen molar-refractivity contribution in [3.63, 3.8) is 0 Å². The van der Waals surface area contributed by atoms with E-state index in [1.165, 1.54) is 23.1 Å². The highest BCUT2D eigenvalue weighted by Crippen LogP contribution is 2.35. The monoisotopic (exact) mass is 333 g/mol. The number of ether oxygens (including phenoxy) is 1. The highest BCUT2D eigenvalue weighted by Gasteiger charge is 2.22. The van der Waals surface area contributed by atoms with Crippen molar-refractivity contribution in [1.29, 1.82) is 0 Å². The minimum Gasteiger partial charge on any atom is -0.507 e. The number of nitrogens with zero attached hydrogens (tertiary/aromatic N) is 1. The summed E-state index contributed by atoms with van der Waals surface area (Å²) in [5.74, 6) is 0.208. The Hall–Kier alpha value is -2.20. The van der Waals surface area contributed by atoms with Crippen LogP contribution in [0.1, 0.15) is 28.4 Å². The molecule has 0 spiro atoms. The molecule has 5 heteroatoms. The van der Waals surface area contributed by atoms with Crippen molar-refractivity contribution in [2.45, 2.75) is 20.3 Å². The molecule has 122 valence electrons. The molecule has 0 saturated heterocycles. The van der Waals surface area contributed by atoms with Gasteiger partial charge in [0.1, 0.15) is 11.5 Å². The van der Waals surface area contributed by atoms with E-state index in [-0.39, 0.29) is 17.2 Å². The highest BCUT2D eigenvalue weighted by atomic mass is 35.5. The van der Waals surface area contributed by atoms with E-state index in [4.69, 9.17) is 16.3 Å². The van der Waals surface area contributed by atoms with Gasteiger partial charge in [-0.05, 0) is 48.7 Å². The first-order valence-corrected chi connectivity index (χ1v) is 7.70. The second-order valence-corrected chi connectivity index (χ2v) is 5.79. The van der Waals surface area contributed by atoms with Gasteiger partial charge in [-0.15, -0.1) is 0 Å². The molecular formula is C18H20ClNO3. The van der Waals surface area contributed by atoms with Crippen LogP contribution in [-0.2, 0) is 6.42 Å². The fourth-order valence-electron chi connectivity index (χ4n) is 2.54. The summed E-state index contributed by atoms with van der Waals surface area (Å²) in [4.78, 5) is 14.2. The predicted molar refractivity (Wildman–Crippen MR) is 93.0 cm³/mol. The molecule has 0 heterocycles. The molecule has 2 rings (SSSR count). The van der Waals surface area contributed by atoms with Crippen molar-refractivity contribution in [3.8, 4) is 11.5 Å². The summed E-state index contributed by atoms with van der Waals surface area (Å²) in [6, 6.07) is 8.33. The third-order valence-corrected chi connectivity index (χ3v) is 3.97. The molecule has 0 aliphatic rings. The van der Waals surface area contributed by atoms with Gasteiger partial charge >= 0.3 is 0 Å². The number of hydrogen-bond donors (Lipinski definition) is 1. The number of benzene rings is 2. The Morgan fingerprint density at radius 1 is 1.30 bits per heavy atom. The molecule has 1 amide bonds. The lowest BCUT2D eigenvalue weighted by Gasteiger charge is -2.23. The topological polar surface area (TPSA) is 49.8 Å². The lowest BCUT2D eigenvalue weighted by Crippen LogP contribution is -2.27. The normalized spacial score (nSPS) is 10.5. The van der Waals surface area contributed by atoms with Gasteiger partial charge in [-0.2, -0.15) is 0 Å². The first kappa shape index (κ1) is 17.2. The number of methoxy groups -OCH3 is 1. The number of halogens is 1. The molecule has 0 atom stereocenters. The number of carbonyl (C=O) groups excluding carboxylic acids is 1. The Kier molecular flexibility index (Phi) is 5.16. The van der Waals surface area contributed by atoms with Gasteiger partial charge in [0, 0.05) is 12.1 Å². The Balaban J connectivity index is 2.51. The van der Waals surface area contributed by atoms with Crippen molar-refractivity contribution in [3.05, 3.63) is 52.0 Å². The first-order chi connectivity index (χ1) is 10.9. The van der Waals surface area contributed by atoms with E-state index >= 15 is 0 Å². The van der Waals surface area contributed by atoms with Crippen molar-refractivity contribution < 1.29 is 14.6 Å². The van der Waals surface area contributed by atoms with Crippen LogP contribution in [0.4, 0.5) is 5.69 Å². The van der Waals surface area contributed by atoms with Gasteiger partial charge in [0.15, 0.2) is 0 Å². The van der Waals surface area contributed by atoms with Gasteiger partial charge in [0.05, 0.1) is 18.4 Å². The zero-order valence-electron chi connectivity index (χ0n) is 13.7. The minimum atomic E-state index is -0.351. The highest BCUT2D eigenvalue weighted by molar-refractivity contribution is 6.31. The summed E-state index contributed by atoms with van der Waals surface area (Å²) in [7, 11) is 3.24. The molecule has 0 aliphatic heterocycles. The third-order valence-electron chi connectivity index (χ3n) is 3.73. The van der Waals surface area contributed by atoms with E-state index in [0.717, 1.165) is 17.5 Å². The minimum absolute atomic E-state index is 0.103. The number of anilines is 1. The lowest BCUT2D eigenvalue weighted by atomic mass is 10.0. The molecule has 0 aromatic heterocycles. The fraction of sp³-hybridized carbons (Fsp3) is 0.278. The molecule has 2 aromatic rings. The number of aromatic hydroxyl groups is 1. The molecule has 4 nitrogen and oxygen atoms in total. The molecule has 0 radical (unpaired) electrons. The van der Waals surface area contributed by atoms with Crippen LogP contribution in [0.15, 0.2) is 30.3 Å². The molecule has 0 bridgehead atoms. The summed E-state index contributed by atoms with van der Waals surface area (Å²) < 4.78 is 5.50. The summed E-state index contributed by atoms with van der Waals surface area (Å²) in [6.45, 7) is 4.00. The van der Waals surface area contributed by atoms with Crippen LogP contribution in [-0.4, -0.2) is 25.2 Å². The second-order valence-electron chi connectivity index (χ2n) is 5.36. The maximum Gasteiger partial charge on any atom is 0.261 e. The summed E-state index contributed by atoms with van der Waals surface area (Å²) in [6.07, 6.45) is 0.794. The van der Waals surface area contributed by atoms with Gasteiger partial charge in [0.2, 0.25) is 0 Å². The maximum atomic E-state index is 12.7. The fourth-order valence-corrected chi connectivity index (χ4v) is 2.72. The summed E-state index contributed by atoms with van der Waals surface area (Å²) >= 11 is 5.94. The average Bonchev–Trinajstić information content (AvgIpc) is 2.54. The molecule has 0 fully saturated rings. The van der Waals surface area contributed by atoms with Gasteiger partial charge in [-0.1, -0.05) is 24.6 Å². The largest absolute Gasteiger partial charge is 0.507 e. The Bertz CT molecular complexity index is 743. The molecule has 0 unspecified atom stereocenters. The van der Waals surface area contributed by atoms with Crippen LogP contribution >= 0.6 is 11.6 Å². The van der Waals surface area contributed by atoms with Gasteiger partial charge < -0.3 is 14.7 Å². The Labute approximate surface area is 141 Å². The van der Waals surface area contributed by atoms with E-state index in [1.807, 2.05) is 26.0 Å². The Morgan fingerprint density at radius 3 is 2.61 bits per heavy atom. The number of hydrogen-bond acceptors (Lipinski definition) is 3. The average molecular weight is 334 g/mol. The van der Waals surface area contributed by atoms with Crippen LogP contribution in [0.3, 0.4) is 0 Å². The number of carbonyl (C=O) groups is 1. The smallest absolute Gasteiger partial charge is 0.261 e. The number of phenolic OH excluding ortho intramolecular Hbond substituents is 1. The van der Waals surface area contributed by atoms with Crippen LogP contribution < -0.4 is 9.64 Å². The zero-order valence-corrected chi connectivity index (χ0v) is 14.4. The van der Waals surface area contributed by atoms with Crippen molar-refractivity contribution in [2.75, 3.05) is 19.1 Å². The number of rotatable bonds is 4. The number of phenols is 1. The molecule has 0 saturated carbocycles. The van der Waals surface area contributed by atoms with Gasteiger partial charge in [-0.3, -0.25) is 4.79 Å². The van der Waals surface area contributed by atoms with E-state index < -0.39 is 0 Å². The SMILES string of the molecule is CCc1cc(C)cc(N(C)C(=O)c2cc(Cl)ccc2O)c1OC. The summed E-state index contributed by atoms with van der Waals surface area (Å²) in [5, 5.41) is 10.3. The first-order valence-electron chi connectivity index (χ1n) is 7.33. The van der Waals surface area contributed by atoms with Crippen LogP contribution in [0.5, 0.6) is 11.5 Å². The lowest BCUT2D eigenvalue weighted by molar-refractivity contribution is 0.0990. The van der Waals surface area contributed by atoms with Gasteiger partial charge in [0.25, 0.3) is 5.91 Å². The standard InChI is InChI=1S/C18H20ClNO3/c1-5-12-8-11(2)9-15(17(12)23-4)20(3)18(22)14-10-13(19)6-7-16(14)21/h6-10,21H,5H2,1-4H3. The van der Waals surface area contributed by atoms with E-state index in [9.17, 15) is 9.90 Å². The number of amides is 1. The molecule has 23 heavy (non-hydrogen) atoms. The van der Waals surface area contributed by atoms with E-state index in [2.05, 4.69) is 0 Å². The van der Waals surface area contributed by atoms with E-state index in [0.29, 0.717) is 16.5 Å². The van der Waals surface area contributed by atoms with Crippen molar-refractivity contribution in [2.24, 2.45) is 0 Å².